The molecule has 2 fully saturated rings. The largest absolute Gasteiger partial charge is 0.478 e. The lowest BCUT2D eigenvalue weighted by atomic mass is 9.98. The zero-order valence-electron chi connectivity index (χ0n) is 23.0. The molecule has 4 heterocycles. The molecular weight excluding hydrogens is 521 g/mol. The van der Waals surface area contributed by atoms with E-state index in [9.17, 15) is 18.0 Å². The van der Waals surface area contributed by atoms with Crippen LogP contribution in [0.1, 0.15) is 77.5 Å². The zero-order valence-corrected chi connectivity index (χ0v) is 23.0. The van der Waals surface area contributed by atoms with Gasteiger partial charge in [0.1, 0.15) is 18.0 Å². The SMILES string of the molecule is CCOc1cc(C(C)Cc2nncn2C)cc(N2Cc3c(cc(CN4CCC5(CC5)C4)cc3C(F)(F)F)C2=O)n1. The maximum absolute atomic E-state index is 14.3. The number of nitrogens with zero attached hydrogens (tertiary/aromatic N) is 6. The van der Waals surface area contributed by atoms with E-state index in [1.807, 2.05) is 31.5 Å². The minimum atomic E-state index is -4.57. The van der Waals surface area contributed by atoms with Crippen LogP contribution in [0.4, 0.5) is 19.0 Å². The summed E-state index contributed by atoms with van der Waals surface area (Å²) in [6.45, 7) is 6.21. The van der Waals surface area contributed by atoms with Crippen LogP contribution in [-0.2, 0) is 32.7 Å². The molecule has 2 aromatic heterocycles. The summed E-state index contributed by atoms with van der Waals surface area (Å²) in [6, 6.07) is 6.45. The fourth-order valence-corrected chi connectivity index (χ4v) is 6.04. The highest BCUT2D eigenvalue weighted by atomic mass is 19.4. The number of halogens is 3. The number of rotatable bonds is 8. The Morgan fingerprint density at radius 2 is 1.95 bits per heavy atom. The van der Waals surface area contributed by atoms with Crippen molar-refractivity contribution in [2.75, 3.05) is 24.6 Å². The molecule has 3 aromatic rings. The number of carbonyl (C=O) groups is 1. The van der Waals surface area contributed by atoms with E-state index in [0.717, 1.165) is 30.9 Å². The normalized spacial score (nSPS) is 18.9. The number of fused-ring (bicyclic) bond motifs is 1. The molecule has 0 radical (unpaired) electrons. The molecule has 40 heavy (non-hydrogen) atoms. The standard InChI is InChI=1S/C29H33F3N6O2/c1-4-40-26-13-20(18(2)9-25-35-33-17-36(25)3)12-24(34-26)38-15-22-21(27(38)39)10-19(11-23(22)29(30,31)32)14-37-8-7-28(16-37)5-6-28/h10-13,17-18H,4-9,14-16H2,1-3H3. The average Bonchev–Trinajstić information content (AvgIpc) is 3.17. The summed E-state index contributed by atoms with van der Waals surface area (Å²) in [5.41, 5.74) is 1.09. The summed E-state index contributed by atoms with van der Waals surface area (Å²) in [4.78, 5) is 21.7. The van der Waals surface area contributed by atoms with Gasteiger partial charge >= 0.3 is 6.18 Å². The molecule has 3 aliphatic rings. The number of pyridine rings is 1. The number of hydrogen-bond acceptors (Lipinski definition) is 6. The molecule has 2 aliphatic heterocycles. The van der Waals surface area contributed by atoms with Crippen LogP contribution in [0.25, 0.3) is 0 Å². The van der Waals surface area contributed by atoms with Crippen molar-refractivity contribution >= 4 is 11.7 Å². The molecule has 1 saturated carbocycles. The second-order valence-electron chi connectivity index (χ2n) is 11.5. The van der Waals surface area contributed by atoms with E-state index < -0.39 is 17.6 Å². The highest BCUT2D eigenvalue weighted by molar-refractivity contribution is 6.10. The molecule has 1 amide bonds. The van der Waals surface area contributed by atoms with Gasteiger partial charge in [0.25, 0.3) is 5.91 Å². The van der Waals surface area contributed by atoms with Gasteiger partial charge in [0.05, 0.1) is 18.7 Å². The molecule has 0 N–H and O–H groups in total. The first-order valence-electron chi connectivity index (χ1n) is 13.8. The Morgan fingerprint density at radius 3 is 2.60 bits per heavy atom. The van der Waals surface area contributed by atoms with Gasteiger partial charge in [-0.25, -0.2) is 0 Å². The topological polar surface area (TPSA) is 76.4 Å². The van der Waals surface area contributed by atoms with Crippen LogP contribution in [0.5, 0.6) is 5.88 Å². The van der Waals surface area contributed by atoms with Crippen molar-refractivity contribution in [2.45, 2.75) is 64.7 Å². The number of aromatic nitrogens is 4. The number of alkyl halides is 3. The third-order valence-electron chi connectivity index (χ3n) is 8.53. The molecule has 212 valence electrons. The Morgan fingerprint density at radius 1 is 1.15 bits per heavy atom. The molecule has 1 spiro atoms. The molecule has 1 saturated heterocycles. The molecule has 0 bridgehead atoms. The highest BCUT2D eigenvalue weighted by Crippen LogP contribution is 2.53. The van der Waals surface area contributed by atoms with Crippen LogP contribution in [-0.4, -0.2) is 50.3 Å². The second-order valence-corrected chi connectivity index (χ2v) is 11.5. The summed E-state index contributed by atoms with van der Waals surface area (Å²) >= 11 is 0. The van der Waals surface area contributed by atoms with Gasteiger partial charge in [-0.1, -0.05) is 6.92 Å². The summed E-state index contributed by atoms with van der Waals surface area (Å²) in [7, 11) is 1.87. The minimum Gasteiger partial charge on any atom is -0.478 e. The van der Waals surface area contributed by atoms with E-state index in [0.29, 0.717) is 36.4 Å². The Hall–Kier alpha value is -3.47. The van der Waals surface area contributed by atoms with Crippen molar-refractivity contribution in [2.24, 2.45) is 12.5 Å². The highest BCUT2D eigenvalue weighted by Gasteiger charge is 2.47. The molecule has 1 atom stereocenters. The number of ether oxygens (including phenoxy) is 1. The van der Waals surface area contributed by atoms with Gasteiger partial charge in [-0.3, -0.25) is 14.6 Å². The van der Waals surface area contributed by atoms with Gasteiger partial charge in [-0.15, -0.1) is 10.2 Å². The fourth-order valence-electron chi connectivity index (χ4n) is 6.04. The molecule has 1 aliphatic carbocycles. The average molecular weight is 555 g/mol. The lowest BCUT2D eigenvalue weighted by Gasteiger charge is -2.20. The zero-order chi connectivity index (χ0) is 28.2. The summed E-state index contributed by atoms with van der Waals surface area (Å²) < 4.78 is 50.4. The number of amides is 1. The van der Waals surface area contributed by atoms with E-state index in [-0.39, 0.29) is 29.4 Å². The van der Waals surface area contributed by atoms with Crippen molar-refractivity contribution < 1.29 is 22.7 Å². The Bertz CT molecular complexity index is 1450. The number of likely N-dealkylation sites (tertiary alicyclic amines) is 1. The van der Waals surface area contributed by atoms with Gasteiger partial charge < -0.3 is 9.30 Å². The smallest absolute Gasteiger partial charge is 0.416 e. The van der Waals surface area contributed by atoms with E-state index in [4.69, 9.17) is 4.74 Å². The van der Waals surface area contributed by atoms with Crippen LogP contribution in [0.2, 0.25) is 0 Å². The predicted octanol–water partition coefficient (Wildman–Crippen LogP) is 5.12. The van der Waals surface area contributed by atoms with Crippen LogP contribution in [0.3, 0.4) is 0 Å². The molecule has 1 aromatic carbocycles. The quantitative estimate of drug-likeness (QED) is 0.385. The van der Waals surface area contributed by atoms with E-state index in [1.165, 1.54) is 23.8 Å². The van der Waals surface area contributed by atoms with Gasteiger partial charge in [0.15, 0.2) is 0 Å². The molecule has 6 rings (SSSR count). The third-order valence-corrected chi connectivity index (χ3v) is 8.53. The van der Waals surface area contributed by atoms with Gasteiger partial charge in [-0.2, -0.15) is 18.2 Å². The Kier molecular flexibility index (Phi) is 6.59. The molecule has 11 heteroatoms. The van der Waals surface area contributed by atoms with Crippen molar-refractivity contribution in [1.82, 2.24) is 24.6 Å². The monoisotopic (exact) mass is 554 g/mol. The number of hydrogen-bond donors (Lipinski definition) is 0. The van der Waals surface area contributed by atoms with E-state index in [1.54, 1.807) is 18.5 Å². The predicted molar refractivity (Wildman–Crippen MR) is 142 cm³/mol. The Labute approximate surface area is 231 Å². The van der Waals surface area contributed by atoms with Crippen molar-refractivity contribution in [3.05, 3.63) is 64.2 Å². The maximum atomic E-state index is 14.3. The van der Waals surface area contributed by atoms with Crippen molar-refractivity contribution in [3.63, 3.8) is 0 Å². The number of anilines is 1. The number of aryl methyl sites for hydroxylation is 1. The maximum Gasteiger partial charge on any atom is 0.416 e. The lowest BCUT2D eigenvalue weighted by Crippen LogP contribution is -2.25. The van der Waals surface area contributed by atoms with Crippen molar-refractivity contribution in [1.29, 1.82) is 0 Å². The second kappa shape index (κ2) is 9.87. The van der Waals surface area contributed by atoms with Crippen LogP contribution in [0, 0.1) is 5.41 Å². The third kappa shape index (κ3) is 5.07. The lowest BCUT2D eigenvalue weighted by molar-refractivity contribution is -0.138. The fraction of sp³-hybridized carbons (Fsp3) is 0.517. The minimum absolute atomic E-state index is 0.00127. The van der Waals surface area contributed by atoms with E-state index in [2.05, 4.69) is 20.1 Å². The van der Waals surface area contributed by atoms with Gasteiger partial charge in [0, 0.05) is 38.2 Å². The Balaban J connectivity index is 1.32. The number of benzene rings is 1. The summed E-state index contributed by atoms with van der Waals surface area (Å²) in [5, 5.41) is 8.09. The molecule has 1 unspecified atom stereocenters. The van der Waals surface area contributed by atoms with Crippen LogP contribution < -0.4 is 9.64 Å². The van der Waals surface area contributed by atoms with Crippen LogP contribution >= 0.6 is 0 Å². The van der Waals surface area contributed by atoms with E-state index >= 15 is 0 Å². The van der Waals surface area contributed by atoms with Gasteiger partial charge in [0.2, 0.25) is 5.88 Å². The van der Waals surface area contributed by atoms with Crippen molar-refractivity contribution in [3.8, 4) is 5.88 Å². The van der Waals surface area contributed by atoms with Crippen LogP contribution in [0.15, 0.2) is 30.6 Å². The number of carbonyl (C=O) groups excluding carboxylic acids is 1. The summed E-state index contributed by atoms with van der Waals surface area (Å²) in [5.74, 6) is 0.883. The first-order valence-corrected chi connectivity index (χ1v) is 13.8. The molecule has 8 nitrogen and oxygen atoms in total. The first kappa shape index (κ1) is 26.7. The first-order chi connectivity index (χ1) is 19.0. The molecular formula is C29H33F3N6O2. The van der Waals surface area contributed by atoms with Gasteiger partial charge in [-0.05, 0) is 79.0 Å². The summed E-state index contributed by atoms with van der Waals surface area (Å²) in [6.07, 6.45) is 1.13.